The summed E-state index contributed by atoms with van der Waals surface area (Å²) in [6.07, 6.45) is 0.973. The number of hydrogen-bond acceptors (Lipinski definition) is 4. The quantitative estimate of drug-likeness (QED) is 0.763. The highest BCUT2D eigenvalue weighted by Gasteiger charge is 2.27. The van der Waals surface area contributed by atoms with Gasteiger partial charge in [0, 0.05) is 19.0 Å². The van der Waals surface area contributed by atoms with E-state index in [1.807, 2.05) is 48.2 Å². The lowest BCUT2D eigenvalue weighted by molar-refractivity contribution is -0.132. The zero-order valence-corrected chi connectivity index (χ0v) is 15.3. The molecule has 0 N–H and O–H groups in total. The first-order chi connectivity index (χ1) is 12.7. The van der Waals surface area contributed by atoms with Gasteiger partial charge in [-0.25, -0.2) is 0 Å². The Labute approximate surface area is 154 Å². The van der Waals surface area contributed by atoms with Crippen molar-refractivity contribution < 1.29 is 19.0 Å². The Morgan fingerprint density at radius 2 is 1.62 bits per heavy atom. The minimum atomic E-state index is 0.0231. The first kappa shape index (κ1) is 18.1. The number of carbonyl (C=O) groups is 1. The van der Waals surface area contributed by atoms with Crippen molar-refractivity contribution >= 4 is 5.91 Å². The van der Waals surface area contributed by atoms with Gasteiger partial charge in [0.25, 0.3) is 5.91 Å². The molecule has 26 heavy (non-hydrogen) atoms. The van der Waals surface area contributed by atoms with Crippen molar-refractivity contribution in [2.24, 2.45) is 0 Å². The van der Waals surface area contributed by atoms with Gasteiger partial charge in [-0.1, -0.05) is 12.1 Å². The predicted molar refractivity (Wildman–Crippen MR) is 100 cm³/mol. The van der Waals surface area contributed by atoms with Crippen molar-refractivity contribution in [1.29, 1.82) is 0 Å². The third kappa shape index (κ3) is 4.48. The molecule has 3 rings (SSSR count). The molecule has 0 aromatic heterocycles. The molecule has 5 nitrogen and oxygen atoms in total. The van der Waals surface area contributed by atoms with E-state index in [2.05, 4.69) is 12.1 Å². The van der Waals surface area contributed by atoms with Gasteiger partial charge in [0.05, 0.1) is 13.7 Å². The van der Waals surface area contributed by atoms with Crippen LogP contribution in [0.2, 0.25) is 0 Å². The van der Waals surface area contributed by atoms with Gasteiger partial charge in [-0.15, -0.1) is 0 Å². The van der Waals surface area contributed by atoms with Gasteiger partial charge in [0.15, 0.2) is 6.61 Å². The Morgan fingerprint density at radius 3 is 2.23 bits per heavy atom. The van der Waals surface area contributed by atoms with Crippen LogP contribution in [0.15, 0.2) is 48.5 Å². The lowest BCUT2D eigenvalue weighted by Crippen LogP contribution is -2.32. The van der Waals surface area contributed by atoms with E-state index in [1.165, 1.54) is 5.56 Å². The van der Waals surface area contributed by atoms with Crippen molar-refractivity contribution in [3.05, 3.63) is 54.1 Å². The maximum atomic E-state index is 12.4. The zero-order valence-electron chi connectivity index (χ0n) is 15.3. The molecule has 1 aliphatic rings. The number of carbonyl (C=O) groups excluding carboxylic acids is 1. The number of nitrogens with zero attached hydrogens (tertiary/aromatic N) is 1. The van der Waals surface area contributed by atoms with Crippen LogP contribution in [-0.4, -0.2) is 44.2 Å². The van der Waals surface area contributed by atoms with E-state index in [1.54, 1.807) is 7.11 Å². The molecule has 2 aromatic carbocycles. The van der Waals surface area contributed by atoms with Crippen LogP contribution in [0.1, 0.15) is 24.8 Å². The van der Waals surface area contributed by atoms with Crippen LogP contribution in [0, 0.1) is 0 Å². The Kier molecular flexibility index (Phi) is 6.00. The van der Waals surface area contributed by atoms with Gasteiger partial charge < -0.3 is 19.1 Å². The van der Waals surface area contributed by atoms with Crippen molar-refractivity contribution in [3.8, 4) is 17.2 Å². The van der Waals surface area contributed by atoms with Crippen LogP contribution in [0.25, 0.3) is 0 Å². The van der Waals surface area contributed by atoms with Crippen LogP contribution in [0.5, 0.6) is 17.2 Å². The molecule has 1 atom stereocenters. The van der Waals surface area contributed by atoms with Crippen LogP contribution >= 0.6 is 0 Å². The summed E-state index contributed by atoms with van der Waals surface area (Å²) < 4.78 is 16.2. The van der Waals surface area contributed by atoms with E-state index >= 15 is 0 Å². The number of amides is 1. The normalized spacial score (nSPS) is 16.4. The number of methoxy groups -OCH3 is 1. The van der Waals surface area contributed by atoms with Crippen LogP contribution in [0.3, 0.4) is 0 Å². The topological polar surface area (TPSA) is 48.0 Å². The Hall–Kier alpha value is -2.69. The second-order valence-corrected chi connectivity index (χ2v) is 6.29. The lowest BCUT2D eigenvalue weighted by Gasteiger charge is -2.17. The molecular weight excluding hydrogens is 330 g/mol. The molecule has 1 saturated heterocycles. The van der Waals surface area contributed by atoms with E-state index in [-0.39, 0.29) is 12.5 Å². The molecule has 0 bridgehead atoms. The SMILES string of the molecule is CCOc1ccc(OCC(=O)N2CCC(c3ccc(OC)cc3)C2)cc1. The van der Waals surface area contributed by atoms with Gasteiger partial charge in [-0.2, -0.15) is 0 Å². The first-order valence-corrected chi connectivity index (χ1v) is 8.97. The molecule has 1 unspecified atom stereocenters. The second kappa shape index (κ2) is 8.61. The molecule has 0 aliphatic carbocycles. The summed E-state index contributed by atoms with van der Waals surface area (Å²) in [5, 5.41) is 0. The zero-order chi connectivity index (χ0) is 18.4. The smallest absolute Gasteiger partial charge is 0.260 e. The third-order valence-electron chi connectivity index (χ3n) is 4.63. The number of hydrogen-bond donors (Lipinski definition) is 0. The fourth-order valence-corrected chi connectivity index (χ4v) is 3.17. The highest BCUT2D eigenvalue weighted by Crippen LogP contribution is 2.28. The van der Waals surface area contributed by atoms with Gasteiger partial charge in [-0.05, 0) is 55.3 Å². The minimum absolute atomic E-state index is 0.0231. The van der Waals surface area contributed by atoms with Gasteiger partial charge in [-0.3, -0.25) is 4.79 Å². The molecule has 1 amide bonds. The fraction of sp³-hybridized carbons (Fsp3) is 0.381. The monoisotopic (exact) mass is 355 g/mol. The summed E-state index contributed by atoms with van der Waals surface area (Å²) in [5.74, 6) is 2.72. The Morgan fingerprint density at radius 1 is 1.00 bits per heavy atom. The number of ether oxygens (including phenoxy) is 3. The highest BCUT2D eigenvalue weighted by atomic mass is 16.5. The standard InChI is InChI=1S/C21H25NO4/c1-3-25-19-8-10-20(11-9-19)26-15-21(23)22-13-12-17(14-22)16-4-6-18(24-2)7-5-16/h4-11,17H,3,12-15H2,1-2H3. The molecule has 1 fully saturated rings. The third-order valence-corrected chi connectivity index (χ3v) is 4.63. The van der Waals surface area contributed by atoms with Gasteiger partial charge >= 0.3 is 0 Å². The fourth-order valence-electron chi connectivity index (χ4n) is 3.17. The van der Waals surface area contributed by atoms with E-state index in [9.17, 15) is 4.79 Å². The van der Waals surface area contributed by atoms with Crippen molar-refractivity contribution in [2.45, 2.75) is 19.3 Å². The molecule has 5 heteroatoms. The predicted octanol–water partition coefficient (Wildman–Crippen LogP) is 3.49. The summed E-state index contributed by atoms with van der Waals surface area (Å²) in [6.45, 7) is 4.13. The van der Waals surface area contributed by atoms with Gasteiger partial charge in [0.1, 0.15) is 17.2 Å². The van der Waals surface area contributed by atoms with Crippen LogP contribution < -0.4 is 14.2 Å². The van der Waals surface area contributed by atoms with E-state index in [0.717, 1.165) is 31.0 Å². The maximum absolute atomic E-state index is 12.4. The summed E-state index contributed by atoms with van der Waals surface area (Å²) >= 11 is 0. The average Bonchev–Trinajstić information content (AvgIpc) is 3.18. The molecule has 0 radical (unpaired) electrons. The lowest BCUT2D eigenvalue weighted by atomic mass is 9.98. The van der Waals surface area contributed by atoms with E-state index < -0.39 is 0 Å². The largest absolute Gasteiger partial charge is 0.497 e. The van der Waals surface area contributed by atoms with Crippen LogP contribution in [-0.2, 0) is 4.79 Å². The molecule has 138 valence electrons. The summed E-state index contributed by atoms with van der Waals surface area (Å²) in [4.78, 5) is 14.3. The Bertz CT molecular complexity index is 712. The van der Waals surface area contributed by atoms with Crippen molar-refractivity contribution in [3.63, 3.8) is 0 Å². The van der Waals surface area contributed by atoms with Crippen molar-refractivity contribution in [2.75, 3.05) is 33.4 Å². The van der Waals surface area contributed by atoms with E-state index in [4.69, 9.17) is 14.2 Å². The second-order valence-electron chi connectivity index (χ2n) is 6.29. The molecule has 0 saturated carbocycles. The molecule has 2 aromatic rings. The molecule has 1 aliphatic heterocycles. The van der Waals surface area contributed by atoms with Crippen LogP contribution in [0.4, 0.5) is 0 Å². The summed E-state index contributed by atoms with van der Waals surface area (Å²) in [5.41, 5.74) is 1.24. The van der Waals surface area contributed by atoms with Crippen molar-refractivity contribution in [1.82, 2.24) is 4.90 Å². The van der Waals surface area contributed by atoms with Gasteiger partial charge in [0.2, 0.25) is 0 Å². The highest BCUT2D eigenvalue weighted by molar-refractivity contribution is 5.78. The Balaban J connectivity index is 1.49. The van der Waals surface area contributed by atoms with E-state index in [0.29, 0.717) is 18.3 Å². The number of likely N-dealkylation sites (tertiary alicyclic amines) is 1. The summed E-state index contributed by atoms with van der Waals surface area (Å²) in [6, 6.07) is 15.4. The molecular formula is C21H25NO4. The molecule has 1 heterocycles. The first-order valence-electron chi connectivity index (χ1n) is 8.97. The maximum Gasteiger partial charge on any atom is 0.260 e. The summed E-state index contributed by atoms with van der Waals surface area (Å²) in [7, 11) is 1.66. The average molecular weight is 355 g/mol. The number of rotatable bonds is 7. The minimum Gasteiger partial charge on any atom is -0.497 e. The molecule has 0 spiro atoms. The number of benzene rings is 2.